The molecule has 1 saturated heterocycles. The molecule has 0 bridgehead atoms. The van der Waals surface area contributed by atoms with Crippen LogP contribution in [-0.2, 0) is 0 Å². The van der Waals surface area contributed by atoms with Crippen LogP contribution in [0.3, 0.4) is 0 Å². The first kappa shape index (κ1) is 15.3. The number of benzene rings is 2. The fourth-order valence-corrected chi connectivity index (χ4v) is 3.08. The second kappa shape index (κ2) is 6.65. The van der Waals surface area contributed by atoms with Crippen LogP contribution in [0.15, 0.2) is 48.5 Å². The number of rotatable bonds is 3. The number of piperidine rings is 1. The SMILES string of the molecule is O=C(O)c1ccccc1-c1ccccc1C(=O)N1CCCCC1. The lowest BCUT2D eigenvalue weighted by atomic mass is 9.94. The third-order valence-corrected chi connectivity index (χ3v) is 4.25. The van der Waals surface area contributed by atoms with Crippen molar-refractivity contribution in [1.82, 2.24) is 4.90 Å². The highest BCUT2D eigenvalue weighted by Crippen LogP contribution is 2.28. The van der Waals surface area contributed by atoms with Crippen molar-refractivity contribution >= 4 is 11.9 Å². The Bertz CT molecular complexity index is 733. The molecule has 0 unspecified atom stereocenters. The Morgan fingerprint density at radius 3 is 1.91 bits per heavy atom. The topological polar surface area (TPSA) is 57.6 Å². The van der Waals surface area contributed by atoms with Crippen molar-refractivity contribution in [3.05, 3.63) is 59.7 Å². The fourth-order valence-electron chi connectivity index (χ4n) is 3.08. The van der Waals surface area contributed by atoms with Gasteiger partial charge in [-0.2, -0.15) is 0 Å². The zero-order chi connectivity index (χ0) is 16.2. The largest absolute Gasteiger partial charge is 0.478 e. The molecule has 23 heavy (non-hydrogen) atoms. The summed E-state index contributed by atoms with van der Waals surface area (Å²) in [6.07, 6.45) is 3.21. The van der Waals surface area contributed by atoms with Gasteiger partial charge in [0.05, 0.1) is 5.56 Å². The Morgan fingerprint density at radius 1 is 0.783 bits per heavy atom. The molecule has 0 saturated carbocycles. The molecular weight excluding hydrogens is 290 g/mol. The number of carbonyl (C=O) groups is 2. The second-order valence-electron chi connectivity index (χ2n) is 5.75. The summed E-state index contributed by atoms with van der Waals surface area (Å²) in [5, 5.41) is 9.41. The summed E-state index contributed by atoms with van der Waals surface area (Å²) in [5.41, 5.74) is 2.05. The normalized spacial score (nSPS) is 14.5. The van der Waals surface area contributed by atoms with E-state index in [9.17, 15) is 14.7 Å². The first-order chi connectivity index (χ1) is 11.2. The number of carboxylic acid groups (broad SMARTS) is 1. The highest BCUT2D eigenvalue weighted by molar-refractivity contribution is 6.04. The summed E-state index contributed by atoms with van der Waals surface area (Å²) < 4.78 is 0. The van der Waals surface area contributed by atoms with Gasteiger partial charge in [-0.15, -0.1) is 0 Å². The molecule has 1 aliphatic heterocycles. The highest BCUT2D eigenvalue weighted by Gasteiger charge is 2.22. The summed E-state index contributed by atoms with van der Waals surface area (Å²) in [4.78, 5) is 26.2. The zero-order valence-corrected chi connectivity index (χ0v) is 12.9. The van der Waals surface area contributed by atoms with Crippen molar-refractivity contribution in [2.75, 3.05) is 13.1 Å². The molecule has 0 spiro atoms. The van der Waals surface area contributed by atoms with E-state index in [1.807, 2.05) is 23.1 Å². The molecule has 2 aromatic carbocycles. The highest BCUT2D eigenvalue weighted by atomic mass is 16.4. The van der Waals surface area contributed by atoms with Gasteiger partial charge in [-0.25, -0.2) is 4.79 Å². The molecule has 0 aromatic heterocycles. The van der Waals surface area contributed by atoms with Crippen LogP contribution in [0, 0.1) is 0 Å². The van der Waals surface area contributed by atoms with E-state index in [4.69, 9.17) is 0 Å². The summed E-state index contributed by atoms with van der Waals surface area (Å²) >= 11 is 0. The van der Waals surface area contributed by atoms with Crippen molar-refractivity contribution in [3.8, 4) is 11.1 Å². The van der Waals surface area contributed by atoms with Crippen LogP contribution >= 0.6 is 0 Å². The van der Waals surface area contributed by atoms with Crippen LogP contribution < -0.4 is 0 Å². The van der Waals surface area contributed by atoms with Gasteiger partial charge in [-0.05, 0) is 42.5 Å². The van der Waals surface area contributed by atoms with Gasteiger partial charge < -0.3 is 10.0 Å². The van der Waals surface area contributed by atoms with Crippen LogP contribution in [-0.4, -0.2) is 35.0 Å². The lowest BCUT2D eigenvalue weighted by Crippen LogP contribution is -2.35. The maximum absolute atomic E-state index is 12.9. The second-order valence-corrected chi connectivity index (χ2v) is 5.75. The van der Waals surface area contributed by atoms with E-state index in [0.717, 1.165) is 32.4 Å². The van der Waals surface area contributed by atoms with Gasteiger partial charge in [0, 0.05) is 18.7 Å². The Hall–Kier alpha value is -2.62. The summed E-state index contributed by atoms with van der Waals surface area (Å²) in [6, 6.07) is 14.1. The van der Waals surface area contributed by atoms with E-state index in [0.29, 0.717) is 16.7 Å². The van der Waals surface area contributed by atoms with Crippen molar-refractivity contribution in [2.24, 2.45) is 0 Å². The summed E-state index contributed by atoms with van der Waals surface area (Å²) in [6.45, 7) is 1.54. The molecule has 1 amide bonds. The van der Waals surface area contributed by atoms with Gasteiger partial charge >= 0.3 is 5.97 Å². The number of hydrogen-bond acceptors (Lipinski definition) is 2. The molecular formula is C19H19NO3. The number of carboxylic acids is 1. The number of nitrogens with zero attached hydrogens (tertiary/aromatic N) is 1. The third kappa shape index (κ3) is 3.11. The Labute approximate surface area is 135 Å². The first-order valence-corrected chi connectivity index (χ1v) is 7.89. The van der Waals surface area contributed by atoms with E-state index in [1.165, 1.54) is 0 Å². The van der Waals surface area contributed by atoms with Gasteiger partial charge in [-0.3, -0.25) is 4.79 Å². The van der Waals surface area contributed by atoms with E-state index in [1.54, 1.807) is 30.3 Å². The zero-order valence-electron chi connectivity index (χ0n) is 12.9. The average molecular weight is 309 g/mol. The Morgan fingerprint density at radius 2 is 1.30 bits per heavy atom. The summed E-state index contributed by atoms with van der Waals surface area (Å²) in [7, 11) is 0. The maximum atomic E-state index is 12.9. The maximum Gasteiger partial charge on any atom is 0.336 e. The van der Waals surface area contributed by atoms with Crippen LogP contribution in [0.4, 0.5) is 0 Å². The molecule has 0 atom stereocenters. The average Bonchev–Trinajstić information content (AvgIpc) is 2.62. The van der Waals surface area contributed by atoms with Crippen LogP contribution in [0.5, 0.6) is 0 Å². The predicted octanol–water partition coefficient (Wildman–Crippen LogP) is 3.68. The smallest absolute Gasteiger partial charge is 0.336 e. The molecule has 4 heteroatoms. The first-order valence-electron chi connectivity index (χ1n) is 7.89. The lowest BCUT2D eigenvalue weighted by molar-refractivity contribution is 0.0693. The van der Waals surface area contributed by atoms with Crippen LogP contribution in [0.1, 0.15) is 40.0 Å². The van der Waals surface area contributed by atoms with Gasteiger partial charge in [0.1, 0.15) is 0 Å². The van der Waals surface area contributed by atoms with E-state index in [-0.39, 0.29) is 11.5 Å². The number of hydrogen-bond donors (Lipinski definition) is 1. The molecule has 3 rings (SSSR count). The molecule has 0 aliphatic carbocycles. The van der Waals surface area contributed by atoms with Crippen molar-refractivity contribution < 1.29 is 14.7 Å². The number of aromatic carboxylic acids is 1. The quantitative estimate of drug-likeness (QED) is 0.941. The minimum atomic E-state index is -0.985. The lowest BCUT2D eigenvalue weighted by Gasteiger charge is -2.27. The van der Waals surface area contributed by atoms with Crippen molar-refractivity contribution in [1.29, 1.82) is 0 Å². The monoisotopic (exact) mass is 309 g/mol. The number of carbonyl (C=O) groups excluding carboxylic acids is 1. The molecule has 2 aromatic rings. The Balaban J connectivity index is 2.05. The van der Waals surface area contributed by atoms with Crippen LogP contribution in [0.2, 0.25) is 0 Å². The van der Waals surface area contributed by atoms with E-state index < -0.39 is 5.97 Å². The van der Waals surface area contributed by atoms with Gasteiger partial charge in [0.2, 0.25) is 0 Å². The van der Waals surface area contributed by atoms with Gasteiger partial charge in [0.15, 0.2) is 0 Å². The Kier molecular flexibility index (Phi) is 4.42. The van der Waals surface area contributed by atoms with Crippen molar-refractivity contribution in [3.63, 3.8) is 0 Å². The molecule has 0 radical (unpaired) electrons. The van der Waals surface area contributed by atoms with Crippen LogP contribution in [0.25, 0.3) is 11.1 Å². The van der Waals surface area contributed by atoms with Gasteiger partial charge in [-0.1, -0.05) is 36.4 Å². The third-order valence-electron chi connectivity index (χ3n) is 4.25. The molecule has 1 aliphatic rings. The predicted molar refractivity (Wildman–Crippen MR) is 88.6 cm³/mol. The van der Waals surface area contributed by atoms with E-state index in [2.05, 4.69) is 0 Å². The number of amides is 1. The standard InChI is InChI=1S/C19H19NO3/c21-18(20-12-6-1-7-13-20)16-10-4-2-8-14(16)15-9-3-5-11-17(15)19(22)23/h2-5,8-11H,1,6-7,12-13H2,(H,22,23). The molecule has 118 valence electrons. The minimum absolute atomic E-state index is 0.0134. The molecule has 1 fully saturated rings. The molecule has 1 heterocycles. The minimum Gasteiger partial charge on any atom is -0.478 e. The molecule has 1 N–H and O–H groups in total. The van der Waals surface area contributed by atoms with Gasteiger partial charge in [0.25, 0.3) is 5.91 Å². The number of likely N-dealkylation sites (tertiary alicyclic amines) is 1. The molecule has 4 nitrogen and oxygen atoms in total. The fraction of sp³-hybridized carbons (Fsp3) is 0.263. The summed E-state index contributed by atoms with van der Waals surface area (Å²) in [5.74, 6) is -0.999. The van der Waals surface area contributed by atoms with Crippen molar-refractivity contribution in [2.45, 2.75) is 19.3 Å². The van der Waals surface area contributed by atoms with E-state index >= 15 is 0 Å².